The Morgan fingerprint density at radius 3 is 2.57 bits per heavy atom. The van der Waals surface area contributed by atoms with Crippen LogP contribution in [0.25, 0.3) is 5.57 Å². The number of imide groups is 1. The highest BCUT2D eigenvalue weighted by Gasteiger charge is 2.49. The van der Waals surface area contributed by atoms with Gasteiger partial charge in [-0.05, 0) is 60.4 Å². The second-order valence-electron chi connectivity index (χ2n) is 8.69. The van der Waals surface area contributed by atoms with E-state index < -0.39 is 5.54 Å². The van der Waals surface area contributed by atoms with Crippen LogP contribution in [-0.4, -0.2) is 41.5 Å². The van der Waals surface area contributed by atoms with Crippen molar-refractivity contribution >= 4 is 17.5 Å². The Balaban J connectivity index is 1.30. The van der Waals surface area contributed by atoms with Crippen molar-refractivity contribution in [1.82, 2.24) is 15.1 Å². The van der Waals surface area contributed by atoms with E-state index in [0.29, 0.717) is 6.67 Å². The van der Waals surface area contributed by atoms with Gasteiger partial charge in [-0.3, -0.25) is 9.69 Å². The van der Waals surface area contributed by atoms with Crippen LogP contribution in [0, 0.1) is 0 Å². The molecule has 0 aromatic heterocycles. The Bertz CT molecular complexity index is 1030. The van der Waals surface area contributed by atoms with Crippen molar-refractivity contribution in [2.24, 2.45) is 0 Å². The summed E-state index contributed by atoms with van der Waals surface area (Å²) in [5.74, 6) is -0.164. The van der Waals surface area contributed by atoms with Gasteiger partial charge in [0.1, 0.15) is 5.54 Å². The molecule has 5 heteroatoms. The third kappa shape index (κ3) is 3.23. The number of rotatable bonds is 4. The van der Waals surface area contributed by atoms with Crippen molar-refractivity contribution < 1.29 is 9.59 Å². The number of hydrogen-bond acceptors (Lipinski definition) is 3. The van der Waals surface area contributed by atoms with Crippen LogP contribution < -0.4 is 5.32 Å². The fraction of sp³-hybridized carbons (Fsp3) is 0.360. The lowest BCUT2D eigenvalue weighted by Crippen LogP contribution is -2.44. The zero-order valence-electron chi connectivity index (χ0n) is 17.4. The molecule has 0 saturated carbocycles. The van der Waals surface area contributed by atoms with Crippen molar-refractivity contribution in [3.63, 3.8) is 0 Å². The second-order valence-corrected chi connectivity index (χ2v) is 8.69. The van der Waals surface area contributed by atoms with Gasteiger partial charge in [0.2, 0.25) is 0 Å². The molecular weight excluding hydrogens is 374 g/mol. The summed E-state index contributed by atoms with van der Waals surface area (Å²) >= 11 is 0. The molecule has 5 rings (SSSR count). The highest BCUT2D eigenvalue weighted by molar-refractivity contribution is 6.07. The first-order valence-electron chi connectivity index (χ1n) is 10.8. The average Bonchev–Trinajstić information content (AvgIpc) is 3.33. The molecule has 1 aliphatic carbocycles. The van der Waals surface area contributed by atoms with Gasteiger partial charge in [-0.15, -0.1) is 0 Å². The number of benzene rings is 2. The number of urea groups is 1. The van der Waals surface area contributed by atoms with Crippen molar-refractivity contribution in [3.8, 4) is 0 Å². The Labute approximate surface area is 177 Å². The normalized spacial score (nSPS) is 24.0. The number of aryl methyl sites for hydroxylation is 2. The lowest BCUT2D eigenvalue weighted by atomic mass is 9.90. The molecule has 1 fully saturated rings. The van der Waals surface area contributed by atoms with E-state index in [-0.39, 0.29) is 11.9 Å². The van der Waals surface area contributed by atoms with Crippen LogP contribution in [-0.2, 0) is 23.2 Å². The molecular formula is C25H27N3O2. The van der Waals surface area contributed by atoms with Gasteiger partial charge in [-0.1, -0.05) is 54.6 Å². The maximum atomic E-state index is 13.3. The number of hydrogen-bond donors (Lipinski definition) is 1. The quantitative estimate of drug-likeness (QED) is 0.795. The Kier molecular flexibility index (Phi) is 4.70. The third-order valence-electron chi connectivity index (χ3n) is 6.73. The molecule has 154 valence electrons. The zero-order valence-corrected chi connectivity index (χ0v) is 17.4. The maximum absolute atomic E-state index is 13.3. The van der Waals surface area contributed by atoms with Crippen LogP contribution in [0.2, 0.25) is 0 Å². The van der Waals surface area contributed by atoms with Gasteiger partial charge in [0.25, 0.3) is 5.91 Å². The minimum atomic E-state index is -0.991. The van der Waals surface area contributed by atoms with Crippen molar-refractivity contribution in [3.05, 3.63) is 76.9 Å². The number of fused-ring (bicyclic) bond motifs is 1. The number of carbonyl (C=O) groups excluding carboxylic acids is 2. The smallest absolute Gasteiger partial charge is 0.319 e. The summed E-state index contributed by atoms with van der Waals surface area (Å²) in [6.07, 6.45) is 6.43. The molecule has 1 N–H and O–H groups in total. The Hall–Kier alpha value is -2.92. The fourth-order valence-electron chi connectivity index (χ4n) is 4.86. The molecule has 0 bridgehead atoms. The molecule has 1 saturated heterocycles. The second kappa shape index (κ2) is 7.40. The van der Waals surface area contributed by atoms with Crippen molar-refractivity contribution in [1.29, 1.82) is 0 Å². The van der Waals surface area contributed by atoms with Crippen LogP contribution >= 0.6 is 0 Å². The molecule has 30 heavy (non-hydrogen) atoms. The van der Waals surface area contributed by atoms with E-state index in [2.05, 4.69) is 52.7 Å². The van der Waals surface area contributed by atoms with Gasteiger partial charge in [0.15, 0.2) is 0 Å². The molecule has 2 aliphatic heterocycles. The number of amides is 3. The molecule has 3 amide bonds. The average molecular weight is 402 g/mol. The first kappa shape index (κ1) is 19.1. The molecule has 2 heterocycles. The summed E-state index contributed by atoms with van der Waals surface area (Å²) in [7, 11) is 0. The summed E-state index contributed by atoms with van der Waals surface area (Å²) in [5.41, 5.74) is 5.14. The zero-order chi connectivity index (χ0) is 20.7. The summed E-state index contributed by atoms with van der Waals surface area (Å²) in [5, 5.41) is 2.96. The predicted molar refractivity (Wildman–Crippen MR) is 117 cm³/mol. The number of nitrogens with zero attached hydrogens (tertiary/aromatic N) is 2. The monoisotopic (exact) mass is 401 g/mol. The van der Waals surface area contributed by atoms with E-state index in [1.807, 2.05) is 19.1 Å². The first-order valence-corrected chi connectivity index (χ1v) is 10.8. The van der Waals surface area contributed by atoms with Crippen LogP contribution in [0.15, 0.2) is 54.6 Å². The first-order chi connectivity index (χ1) is 14.5. The molecule has 1 atom stereocenters. The summed E-state index contributed by atoms with van der Waals surface area (Å²) in [4.78, 5) is 29.5. The maximum Gasteiger partial charge on any atom is 0.326 e. The van der Waals surface area contributed by atoms with E-state index in [0.717, 1.165) is 44.3 Å². The highest BCUT2D eigenvalue weighted by atomic mass is 16.2. The highest BCUT2D eigenvalue weighted by Crippen LogP contribution is 2.33. The minimum Gasteiger partial charge on any atom is -0.319 e. The van der Waals surface area contributed by atoms with Crippen LogP contribution in [0.5, 0.6) is 0 Å². The molecule has 0 spiro atoms. The summed E-state index contributed by atoms with van der Waals surface area (Å²) in [6.45, 7) is 3.71. The lowest BCUT2D eigenvalue weighted by Gasteiger charge is -2.30. The Morgan fingerprint density at radius 2 is 1.80 bits per heavy atom. The SMILES string of the molecule is C[C@]1(c2ccc3c(c2)CCC3)NC(=O)N(CN2CC=C(c3ccccc3)CC2)C1=O. The minimum absolute atomic E-state index is 0.164. The van der Waals surface area contributed by atoms with Crippen LogP contribution in [0.3, 0.4) is 0 Å². The largest absolute Gasteiger partial charge is 0.326 e. The molecule has 2 aromatic rings. The third-order valence-corrected chi connectivity index (χ3v) is 6.73. The summed E-state index contributed by atoms with van der Waals surface area (Å²) < 4.78 is 0. The van der Waals surface area contributed by atoms with E-state index >= 15 is 0 Å². The van der Waals surface area contributed by atoms with Gasteiger partial charge in [-0.25, -0.2) is 9.69 Å². The van der Waals surface area contributed by atoms with Crippen LogP contribution in [0.1, 0.15) is 42.0 Å². The molecule has 2 aromatic carbocycles. The standard InChI is InChI=1S/C25H27N3O2/c1-25(22-11-10-19-8-5-9-21(19)16-22)23(29)28(24(30)26-25)17-27-14-12-20(13-15-27)18-6-3-2-4-7-18/h2-4,6-7,10-12,16H,5,8-9,13-15,17H2,1H3,(H,26,30)/t25-/m1/s1. The van der Waals surface area contributed by atoms with E-state index in [4.69, 9.17) is 0 Å². The van der Waals surface area contributed by atoms with Gasteiger partial charge >= 0.3 is 6.03 Å². The summed E-state index contributed by atoms with van der Waals surface area (Å²) in [6, 6.07) is 16.3. The van der Waals surface area contributed by atoms with Crippen molar-refractivity contribution in [2.75, 3.05) is 19.8 Å². The number of nitrogens with one attached hydrogen (secondary N) is 1. The lowest BCUT2D eigenvalue weighted by molar-refractivity contribution is -0.132. The molecule has 3 aliphatic rings. The fourth-order valence-corrected chi connectivity index (χ4v) is 4.86. The van der Waals surface area contributed by atoms with Gasteiger partial charge in [-0.2, -0.15) is 0 Å². The van der Waals surface area contributed by atoms with Crippen molar-refractivity contribution in [2.45, 2.75) is 38.1 Å². The Morgan fingerprint density at radius 1 is 1.00 bits per heavy atom. The van der Waals surface area contributed by atoms with Gasteiger partial charge in [0, 0.05) is 13.1 Å². The molecule has 0 radical (unpaired) electrons. The van der Waals surface area contributed by atoms with Gasteiger partial charge in [0.05, 0.1) is 6.67 Å². The van der Waals surface area contributed by atoms with E-state index in [1.165, 1.54) is 27.2 Å². The molecule has 5 nitrogen and oxygen atoms in total. The molecule has 0 unspecified atom stereocenters. The van der Waals surface area contributed by atoms with E-state index in [1.54, 1.807) is 0 Å². The van der Waals surface area contributed by atoms with Crippen LogP contribution in [0.4, 0.5) is 4.79 Å². The predicted octanol–water partition coefficient (Wildman–Crippen LogP) is 3.69. The van der Waals surface area contributed by atoms with Gasteiger partial charge < -0.3 is 5.32 Å². The number of carbonyl (C=O) groups is 2. The van der Waals surface area contributed by atoms with E-state index in [9.17, 15) is 9.59 Å². The topological polar surface area (TPSA) is 52.7 Å².